The van der Waals surface area contributed by atoms with Gasteiger partial charge in [0.25, 0.3) is 0 Å². The fraction of sp³-hybridized carbons (Fsp3) is 0.273. The zero-order valence-corrected chi connectivity index (χ0v) is 17.0. The van der Waals surface area contributed by atoms with Crippen LogP contribution in [0.1, 0.15) is 30.0 Å². The van der Waals surface area contributed by atoms with Crippen molar-refractivity contribution in [3.8, 4) is 17.2 Å². The molecular formula is C22H23N2O6-. The molecule has 0 radical (unpaired) electrons. The van der Waals surface area contributed by atoms with E-state index < -0.39 is 12.0 Å². The quantitative estimate of drug-likeness (QED) is 0.705. The van der Waals surface area contributed by atoms with Crippen LogP contribution in [0.4, 0.5) is 0 Å². The summed E-state index contributed by atoms with van der Waals surface area (Å²) in [7, 11) is 4.69. The van der Waals surface area contributed by atoms with Crippen LogP contribution in [0.2, 0.25) is 0 Å². The maximum Gasteiger partial charge on any atom is 0.242 e. The molecule has 0 aromatic heterocycles. The molecule has 0 saturated carbocycles. The molecule has 1 aliphatic rings. The summed E-state index contributed by atoms with van der Waals surface area (Å²) in [6, 6.07) is 12.2. The minimum absolute atomic E-state index is 0.193. The van der Waals surface area contributed by atoms with Crippen molar-refractivity contribution in [2.45, 2.75) is 18.9 Å². The number of methoxy groups -OCH3 is 3. The highest BCUT2D eigenvalue weighted by Crippen LogP contribution is 2.38. The summed E-state index contributed by atoms with van der Waals surface area (Å²) in [5, 5.41) is 12.2. The maximum absolute atomic E-state index is 12.8. The van der Waals surface area contributed by atoms with Crippen molar-refractivity contribution in [2.24, 2.45) is 0 Å². The van der Waals surface area contributed by atoms with Crippen molar-refractivity contribution >= 4 is 17.6 Å². The summed E-state index contributed by atoms with van der Waals surface area (Å²) in [5.41, 5.74) is 5.35. The monoisotopic (exact) mass is 411 g/mol. The first-order chi connectivity index (χ1) is 14.5. The average Bonchev–Trinajstić information content (AvgIpc) is 3.22. The number of nitrogens with zero attached hydrogens (tertiary/aromatic N) is 1. The fourth-order valence-electron chi connectivity index (χ4n) is 3.25. The van der Waals surface area contributed by atoms with Crippen LogP contribution in [0.3, 0.4) is 0 Å². The maximum atomic E-state index is 12.8. The van der Waals surface area contributed by atoms with Gasteiger partial charge in [0, 0.05) is 18.0 Å². The van der Waals surface area contributed by atoms with Gasteiger partial charge in [-0.2, -0.15) is 0 Å². The van der Waals surface area contributed by atoms with Crippen LogP contribution in [-0.4, -0.2) is 38.2 Å². The van der Waals surface area contributed by atoms with E-state index in [0.29, 0.717) is 28.5 Å². The lowest BCUT2D eigenvalue weighted by Gasteiger charge is -2.27. The summed E-state index contributed by atoms with van der Waals surface area (Å²) < 4.78 is 16.0. The van der Waals surface area contributed by atoms with E-state index in [2.05, 4.69) is 5.43 Å². The molecule has 8 nitrogen and oxygen atoms in total. The minimum atomic E-state index is -1.28. The molecule has 8 heteroatoms. The number of ether oxygens (including phenoxy) is 3. The molecule has 0 saturated heterocycles. The topological polar surface area (TPSA) is 100 Å². The van der Waals surface area contributed by atoms with Gasteiger partial charge in [-0.05, 0) is 60.5 Å². The summed E-state index contributed by atoms with van der Waals surface area (Å²) >= 11 is 0. The van der Waals surface area contributed by atoms with E-state index in [0.717, 1.165) is 5.56 Å². The second-order valence-corrected chi connectivity index (χ2v) is 6.61. The van der Waals surface area contributed by atoms with Gasteiger partial charge >= 0.3 is 0 Å². The van der Waals surface area contributed by atoms with Gasteiger partial charge in [0.15, 0.2) is 0 Å². The van der Waals surface area contributed by atoms with Crippen molar-refractivity contribution in [2.75, 3.05) is 21.3 Å². The Hall–Kier alpha value is -3.68. The van der Waals surface area contributed by atoms with Crippen molar-refractivity contribution < 1.29 is 28.9 Å². The molecule has 3 rings (SSSR count). The molecule has 0 fully saturated rings. The molecule has 2 aromatic carbocycles. The third-order valence-corrected chi connectivity index (χ3v) is 4.81. The molecule has 0 aliphatic carbocycles. The predicted octanol–water partition coefficient (Wildman–Crippen LogP) is 1.67. The molecule has 1 aliphatic heterocycles. The van der Waals surface area contributed by atoms with Gasteiger partial charge in [-0.15, -0.1) is 0 Å². The van der Waals surface area contributed by atoms with Crippen molar-refractivity contribution in [3.63, 3.8) is 0 Å². The summed E-state index contributed by atoms with van der Waals surface area (Å²) in [4.78, 5) is 23.6. The SMILES string of the molecule is COc1ccc(C2=C[C@H](c3cc(OC)ccc3OC)N(C(=O)CCC(=O)[O-])N2)cc1. The second kappa shape index (κ2) is 9.21. The Balaban J connectivity index is 2.00. The van der Waals surface area contributed by atoms with Crippen LogP contribution >= 0.6 is 0 Å². The molecule has 0 bridgehead atoms. The molecule has 158 valence electrons. The normalized spacial score (nSPS) is 15.2. The molecule has 1 amide bonds. The lowest BCUT2D eigenvalue weighted by molar-refractivity contribution is -0.305. The Morgan fingerprint density at radius 2 is 1.63 bits per heavy atom. The van der Waals surface area contributed by atoms with Gasteiger partial charge in [-0.1, -0.05) is 0 Å². The number of amides is 1. The molecule has 30 heavy (non-hydrogen) atoms. The highest BCUT2D eigenvalue weighted by atomic mass is 16.5. The average molecular weight is 411 g/mol. The van der Waals surface area contributed by atoms with E-state index in [4.69, 9.17) is 14.2 Å². The third kappa shape index (κ3) is 4.48. The molecule has 2 aromatic rings. The summed E-state index contributed by atoms with van der Waals surface area (Å²) in [5.74, 6) is 0.243. The highest BCUT2D eigenvalue weighted by Gasteiger charge is 2.32. The zero-order chi connectivity index (χ0) is 21.7. The van der Waals surface area contributed by atoms with E-state index in [9.17, 15) is 14.7 Å². The molecule has 0 unspecified atom stereocenters. The van der Waals surface area contributed by atoms with E-state index in [1.165, 1.54) is 5.01 Å². The lowest BCUT2D eigenvalue weighted by atomic mass is 10.0. The van der Waals surface area contributed by atoms with E-state index in [1.54, 1.807) is 39.5 Å². The fourth-order valence-corrected chi connectivity index (χ4v) is 3.25. The van der Waals surface area contributed by atoms with Crippen LogP contribution < -0.4 is 24.7 Å². The number of hydrogen-bond acceptors (Lipinski definition) is 7. The number of benzene rings is 2. The van der Waals surface area contributed by atoms with Crippen LogP contribution in [0.25, 0.3) is 5.70 Å². The number of carbonyl (C=O) groups is 2. The molecule has 1 heterocycles. The third-order valence-electron chi connectivity index (χ3n) is 4.81. The largest absolute Gasteiger partial charge is 0.550 e. The van der Waals surface area contributed by atoms with Crippen molar-refractivity contribution in [1.82, 2.24) is 10.4 Å². The number of carboxylic acids is 1. The van der Waals surface area contributed by atoms with Crippen LogP contribution in [0.15, 0.2) is 48.5 Å². The van der Waals surface area contributed by atoms with Gasteiger partial charge < -0.3 is 24.1 Å². The van der Waals surface area contributed by atoms with Crippen molar-refractivity contribution in [3.05, 3.63) is 59.7 Å². The Kier molecular flexibility index (Phi) is 6.46. The second-order valence-electron chi connectivity index (χ2n) is 6.61. The smallest absolute Gasteiger partial charge is 0.242 e. The van der Waals surface area contributed by atoms with E-state index in [1.807, 2.05) is 30.3 Å². The van der Waals surface area contributed by atoms with Gasteiger partial charge in [0.1, 0.15) is 23.3 Å². The Morgan fingerprint density at radius 1 is 0.967 bits per heavy atom. The number of rotatable bonds is 8. The molecule has 1 atom stereocenters. The standard InChI is InChI=1S/C22H24N2O6/c1-28-15-6-4-14(5-7-15)18-13-19(24(23-18)21(25)10-11-22(26)27)17-12-16(29-2)8-9-20(17)30-3/h4-9,12-13,19,23H,10-11H2,1-3H3,(H,26,27)/p-1/t19-/m1/s1. The Bertz CT molecular complexity index is 955. The van der Waals surface area contributed by atoms with Crippen LogP contribution in [-0.2, 0) is 9.59 Å². The minimum Gasteiger partial charge on any atom is -0.550 e. The van der Waals surface area contributed by atoms with Gasteiger partial charge in [-0.25, -0.2) is 5.01 Å². The van der Waals surface area contributed by atoms with E-state index >= 15 is 0 Å². The van der Waals surface area contributed by atoms with Crippen molar-refractivity contribution in [1.29, 1.82) is 0 Å². The highest BCUT2D eigenvalue weighted by molar-refractivity contribution is 5.83. The first-order valence-corrected chi connectivity index (χ1v) is 9.33. The number of carboxylic acid groups (broad SMARTS) is 1. The predicted molar refractivity (Wildman–Crippen MR) is 107 cm³/mol. The molecule has 0 spiro atoms. The summed E-state index contributed by atoms with van der Waals surface area (Å²) in [6.07, 6.45) is 1.33. The van der Waals surface area contributed by atoms with E-state index in [-0.39, 0.29) is 18.7 Å². The van der Waals surface area contributed by atoms with Gasteiger partial charge in [0.2, 0.25) is 5.91 Å². The number of nitrogens with one attached hydrogen (secondary N) is 1. The first-order valence-electron chi connectivity index (χ1n) is 9.33. The lowest BCUT2D eigenvalue weighted by Crippen LogP contribution is -2.40. The molecule has 1 N–H and O–H groups in total. The number of aliphatic carboxylic acids is 1. The van der Waals surface area contributed by atoms with Crippen LogP contribution in [0, 0.1) is 0 Å². The number of hydrogen-bond donors (Lipinski definition) is 1. The first kappa shape index (κ1) is 21.0. The number of hydrazine groups is 1. The van der Waals surface area contributed by atoms with Gasteiger partial charge in [0.05, 0.1) is 27.0 Å². The zero-order valence-electron chi connectivity index (χ0n) is 17.0. The Labute approximate surface area is 174 Å². The Morgan fingerprint density at radius 3 is 2.23 bits per heavy atom. The number of carbonyl (C=O) groups excluding carboxylic acids is 2. The summed E-state index contributed by atoms with van der Waals surface area (Å²) in [6.45, 7) is 0. The molecular weight excluding hydrogens is 388 g/mol. The van der Waals surface area contributed by atoms with Crippen LogP contribution in [0.5, 0.6) is 17.2 Å². The van der Waals surface area contributed by atoms with Gasteiger partial charge in [-0.3, -0.25) is 10.2 Å².